The Morgan fingerprint density at radius 1 is 1.03 bits per heavy atom. The molecule has 0 saturated heterocycles. The number of nitrogens with zero attached hydrogens (tertiary/aromatic N) is 1. The van der Waals surface area contributed by atoms with Gasteiger partial charge < -0.3 is 9.73 Å². The Balaban J connectivity index is 1.83. The fourth-order valence-corrected chi connectivity index (χ4v) is 4.20. The summed E-state index contributed by atoms with van der Waals surface area (Å²) < 4.78 is 32.7. The molecule has 8 heteroatoms. The highest BCUT2D eigenvalue weighted by atomic mass is 32.2. The van der Waals surface area contributed by atoms with Crippen molar-refractivity contribution in [3.05, 3.63) is 83.8 Å². The van der Waals surface area contributed by atoms with Crippen LogP contribution in [0.2, 0.25) is 0 Å². The van der Waals surface area contributed by atoms with E-state index < -0.39 is 22.5 Å². The van der Waals surface area contributed by atoms with Gasteiger partial charge in [-0.2, -0.15) is 4.31 Å². The van der Waals surface area contributed by atoms with Crippen LogP contribution >= 0.6 is 0 Å². The molecule has 156 valence electrons. The molecular formula is C22H22N2O5S. The molecule has 0 atom stereocenters. The zero-order valence-electron chi connectivity index (χ0n) is 16.7. The van der Waals surface area contributed by atoms with Crippen LogP contribution in [0.1, 0.15) is 28.6 Å². The van der Waals surface area contributed by atoms with E-state index in [1.165, 1.54) is 25.3 Å². The molecular weight excluding hydrogens is 404 g/mol. The molecule has 1 N–H and O–H groups in total. The Morgan fingerprint density at radius 2 is 1.77 bits per heavy atom. The Bertz CT molecular complexity index is 1140. The number of rotatable bonds is 8. The first-order chi connectivity index (χ1) is 14.3. The second kappa shape index (κ2) is 9.06. The number of hydrogen-bond acceptors (Lipinski definition) is 5. The van der Waals surface area contributed by atoms with Crippen LogP contribution in [0.25, 0.3) is 0 Å². The molecule has 0 radical (unpaired) electrons. The van der Waals surface area contributed by atoms with Gasteiger partial charge in [0.05, 0.1) is 24.2 Å². The zero-order valence-corrected chi connectivity index (χ0v) is 17.5. The van der Waals surface area contributed by atoms with Gasteiger partial charge in [-0.25, -0.2) is 8.42 Å². The molecule has 3 aromatic rings. The molecule has 0 bridgehead atoms. The number of benzene rings is 2. The molecule has 0 aliphatic carbocycles. The maximum atomic E-state index is 13.2. The van der Waals surface area contributed by atoms with Crippen molar-refractivity contribution in [2.45, 2.75) is 25.3 Å². The number of nitrogens with one attached hydrogen (secondary N) is 1. The van der Waals surface area contributed by atoms with Gasteiger partial charge in [0.25, 0.3) is 0 Å². The Labute approximate surface area is 175 Å². The predicted octanol–water partition coefficient (Wildman–Crippen LogP) is 3.62. The summed E-state index contributed by atoms with van der Waals surface area (Å²) in [5.74, 6) is -0.248. The molecule has 0 fully saturated rings. The minimum atomic E-state index is -3.94. The third-order valence-corrected chi connectivity index (χ3v) is 6.25. The lowest BCUT2D eigenvalue weighted by molar-refractivity contribution is -0.116. The van der Waals surface area contributed by atoms with Gasteiger partial charge in [-0.3, -0.25) is 9.59 Å². The fourth-order valence-electron chi connectivity index (χ4n) is 2.84. The Kier molecular flexibility index (Phi) is 6.49. The van der Waals surface area contributed by atoms with Crippen LogP contribution < -0.4 is 5.32 Å². The topological polar surface area (TPSA) is 96.7 Å². The van der Waals surface area contributed by atoms with E-state index in [-0.39, 0.29) is 17.2 Å². The molecule has 0 aliphatic heterocycles. The van der Waals surface area contributed by atoms with Crippen molar-refractivity contribution >= 4 is 27.4 Å². The molecule has 7 nitrogen and oxygen atoms in total. The van der Waals surface area contributed by atoms with Crippen molar-refractivity contribution in [1.29, 1.82) is 0 Å². The lowest BCUT2D eigenvalue weighted by Gasteiger charge is -2.21. The van der Waals surface area contributed by atoms with Crippen LogP contribution in [0.5, 0.6) is 0 Å². The molecule has 0 saturated carbocycles. The Morgan fingerprint density at radius 3 is 2.40 bits per heavy atom. The molecule has 2 aromatic carbocycles. The van der Waals surface area contributed by atoms with E-state index in [2.05, 4.69) is 5.32 Å². The molecule has 0 aliphatic rings. The van der Waals surface area contributed by atoms with Crippen LogP contribution in [-0.4, -0.2) is 31.0 Å². The fraction of sp³-hybridized carbons (Fsp3) is 0.182. The van der Waals surface area contributed by atoms with Crippen LogP contribution in [0.15, 0.2) is 76.2 Å². The van der Waals surface area contributed by atoms with Crippen molar-refractivity contribution in [1.82, 2.24) is 4.31 Å². The van der Waals surface area contributed by atoms with Gasteiger partial charge in [-0.15, -0.1) is 0 Å². The van der Waals surface area contributed by atoms with E-state index in [1.54, 1.807) is 48.5 Å². The first-order valence-corrected chi connectivity index (χ1v) is 10.7. The Hall–Kier alpha value is -3.23. The van der Waals surface area contributed by atoms with E-state index in [9.17, 15) is 18.0 Å². The van der Waals surface area contributed by atoms with Crippen LogP contribution in [0.4, 0.5) is 5.69 Å². The third-order valence-electron chi connectivity index (χ3n) is 4.44. The van der Waals surface area contributed by atoms with Gasteiger partial charge >= 0.3 is 0 Å². The average Bonchev–Trinajstić information content (AvgIpc) is 3.21. The number of carbonyl (C=O) groups is 2. The first kappa shape index (κ1) is 21.5. The van der Waals surface area contributed by atoms with Gasteiger partial charge in [-0.05, 0) is 50.2 Å². The molecule has 3 rings (SSSR count). The summed E-state index contributed by atoms with van der Waals surface area (Å²) in [6.45, 7) is 2.78. The lowest BCUT2D eigenvalue weighted by Crippen LogP contribution is -2.37. The second-order valence-electron chi connectivity index (χ2n) is 6.85. The van der Waals surface area contributed by atoms with Gasteiger partial charge in [0.2, 0.25) is 15.9 Å². The van der Waals surface area contributed by atoms with Crippen molar-refractivity contribution in [3.8, 4) is 0 Å². The quantitative estimate of drug-likeness (QED) is 0.555. The summed E-state index contributed by atoms with van der Waals surface area (Å²) in [7, 11) is -3.94. The summed E-state index contributed by atoms with van der Waals surface area (Å²) >= 11 is 0. The van der Waals surface area contributed by atoms with E-state index in [0.717, 1.165) is 9.87 Å². The SMILES string of the molecule is CC(=O)c1cccc(NC(=O)CN(Cc2ccco2)S(=O)(=O)c2ccc(C)cc2)c1. The second-order valence-corrected chi connectivity index (χ2v) is 8.79. The van der Waals surface area contributed by atoms with Crippen molar-refractivity contribution in [2.75, 3.05) is 11.9 Å². The molecule has 0 unspecified atom stereocenters. The van der Waals surface area contributed by atoms with E-state index in [1.807, 2.05) is 6.92 Å². The highest BCUT2D eigenvalue weighted by molar-refractivity contribution is 7.89. The maximum Gasteiger partial charge on any atom is 0.243 e. The maximum absolute atomic E-state index is 13.2. The number of aryl methyl sites for hydroxylation is 1. The summed E-state index contributed by atoms with van der Waals surface area (Å²) in [5, 5.41) is 2.65. The number of carbonyl (C=O) groups excluding carboxylic acids is 2. The number of hydrogen-bond donors (Lipinski definition) is 1. The van der Waals surface area contributed by atoms with Crippen molar-refractivity contribution in [3.63, 3.8) is 0 Å². The molecule has 1 amide bonds. The smallest absolute Gasteiger partial charge is 0.243 e. The summed E-state index contributed by atoms with van der Waals surface area (Å²) in [6.07, 6.45) is 1.44. The normalized spacial score (nSPS) is 11.4. The average molecular weight is 426 g/mol. The summed E-state index contributed by atoms with van der Waals surface area (Å²) in [4.78, 5) is 24.3. The van der Waals surface area contributed by atoms with Gasteiger partial charge in [0, 0.05) is 11.3 Å². The van der Waals surface area contributed by atoms with Gasteiger partial charge in [0.1, 0.15) is 5.76 Å². The number of sulfonamides is 1. The highest BCUT2D eigenvalue weighted by Gasteiger charge is 2.27. The molecule has 1 aromatic heterocycles. The lowest BCUT2D eigenvalue weighted by atomic mass is 10.1. The summed E-state index contributed by atoms with van der Waals surface area (Å²) in [5.41, 5.74) is 1.79. The van der Waals surface area contributed by atoms with Crippen LogP contribution in [-0.2, 0) is 21.4 Å². The van der Waals surface area contributed by atoms with Crippen molar-refractivity contribution < 1.29 is 22.4 Å². The standard InChI is InChI=1S/C22H22N2O5S/c1-16-8-10-21(11-9-16)30(27,28)24(14-20-7-4-12-29-20)15-22(26)23-19-6-3-5-18(13-19)17(2)25/h3-13H,14-15H2,1-2H3,(H,23,26). The molecule has 30 heavy (non-hydrogen) atoms. The van der Waals surface area contributed by atoms with E-state index in [4.69, 9.17) is 4.42 Å². The predicted molar refractivity (Wildman–Crippen MR) is 113 cm³/mol. The third kappa shape index (κ3) is 5.22. The monoisotopic (exact) mass is 426 g/mol. The number of ketones is 1. The number of Topliss-reactive ketones (excluding diaryl/α,β-unsaturated/α-hetero) is 1. The molecule has 0 spiro atoms. The zero-order chi connectivity index (χ0) is 21.7. The van der Waals surface area contributed by atoms with Gasteiger partial charge in [0.15, 0.2) is 5.78 Å². The number of amides is 1. The van der Waals surface area contributed by atoms with Crippen molar-refractivity contribution in [2.24, 2.45) is 0 Å². The van der Waals surface area contributed by atoms with Gasteiger partial charge in [-0.1, -0.05) is 29.8 Å². The molecule has 1 heterocycles. The van der Waals surface area contributed by atoms with Crippen LogP contribution in [0, 0.1) is 6.92 Å². The summed E-state index contributed by atoms with van der Waals surface area (Å²) in [6, 6.07) is 16.2. The highest BCUT2D eigenvalue weighted by Crippen LogP contribution is 2.20. The number of anilines is 1. The first-order valence-electron chi connectivity index (χ1n) is 9.26. The largest absolute Gasteiger partial charge is 0.468 e. The minimum Gasteiger partial charge on any atom is -0.468 e. The van der Waals surface area contributed by atoms with E-state index >= 15 is 0 Å². The minimum absolute atomic E-state index is 0.0889. The number of furan rings is 1. The van der Waals surface area contributed by atoms with E-state index in [0.29, 0.717) is 17.0 Å². The van der Waals surface area contributed by atoms with Crippen LogP contribution in [0.3, 0.4) is 0 Å².